The number of halogens is 1. The fourth-order valence-electron chi connectivity index (χ4n) is 2.50. The standard InChI is InChI=1S/C18H18FN3O4/c19-14-7-6-13(10-15(14)25-9-8-22(24)18(20)23)17-21-11-16(26-17)12-4-2-1-3-5-12/h1-5,7,10-11,13,24H,6,8-9H2,(H2,20,23)/t13-/m0/s1. The van der Waals surface area contributed by atoms with E-state index < -0.39 is 11.9 Å². The van der Waals surface area contributed by atoms with Gasteiger partial charge in [-0.3, -0.25) is 5.21 Å². The van der Waals surface area contributed by atoms with Crippen LogP contribution in [0.15, 0.2) is 64.7 Å². The fourth-order valence-corrected chi connectivity index (χ4v) is 2.50. The van der Waals surface area contributed by atoms with E-state index >= 15 is 0 Å². The van der Waals surface area contributed by atoms with Crippen LogP contribution in [0.4, 0.5) is 9.18 Å². The summed E-state index contributed by atoms with van der Waals surface area (Å²) in [4.78, 5) is 15.0. The molecule has 26 heavy (non-hydrogen) atoms. The predicted molar refractivity (Wildman–Crippen MR) is 90.6 cm³/mol. The molecule has 0 fully saturated rings. The van der Waals surface area contributed by atoms with Crippen LogP contribution < -0.4 is 5.73 Å². The smallest absolute Gasteiger partial charge is 0.338 e. The van der Waals surface area contributed by atoms with Gasteiger partial charge in [-0.05, 0) is 18.6 Å². The molecule has 1 aliphatic rings. The Morgan fingerprint density at radius 1 is 1.42 bits per heavy atom. The molecule has 1 aromatic heterocycles. The summed E-state index contributed by atoms with van der Waals surface area (Å²) in [5.41, 5.74) is 5.79. The maximum atomic E-state index is 13.9. The molecule has 1 aromatic carbocycles. The van der Waals surface area contributed by atoms with E-state index in [2.05, 4.69) is 4.98 Å². The van der Waals surface area contributed by atoms with E-state index in [0.717, 1.165) is 5.56 Å². The monoisotopic (exact) mass is 359 g/mol. The molecule has 0 saturated carbocycles. The number of urea groups is 1. The Bertz CT molecular complexity index is 832. The minimum atomic E-state index is -1.01. The maximum Gasteiger partial charge on any atom is 0.338 e. The molecule has 3 N–H and O–H groups in total. The van der Waals surface area contributed by atoms with Crippen LogP contribution in [0.25, 0.3) is 11.3 Å². The number of carbonyl (C=O) groups excluding carboxylic acids is 1. The summed E-state index contributed by atoms with van der Waals surface area (Å²) in [5.74, 6) is 0.306. The van der Waals surface area contributed by atoms with Gasteiger partial charge in [0.25, 0.3) is 0 Å². The van der Waals surface area contributed by atoms with Gasteiger partial charge in [0.15, 0.2) is 17.3 Å². The van der Waals surface area contributed by atoms with Gasteiger partial charge in [-0.15, -0.1) is 0 Å². The summed E-state index contributed by atoms with van der Waals surface area (Å²) in [7, 11) is 0. The lowest BCUT2D eigenvalue weighted by Crippen LogP contribution is -2.35. The number of primary amides is 1. The van der Waals surface area contributed by atoms with E-state index in [1.165, 1.54) is 6.08 Å². The first-order valence-corrected chi connectivity index (χ1v) is 8.02. The van der Waals surface area contributed by atoms with Crippen molar-refractivity contribution >= 4 is 6.03 Å². The van der Waals surface area contributed by atoms with Crippen LogP contribution in [0.5, 0.6) is 0 Å². The Labute approximate surface area is 149 Å². The normalized spacial score (nSPS) is 16.6. The van der Waals surface area contributed by atoms with Gasteiger partial charge in [0.05, 0.1) is 18.7 Å². The van der Waals surface area contributed by atoms with E-state index in [1.807, 2.05) is 30.3 Å². The topological polar surface area (TPSA) is 102 Å². The number of benzene rings is 1. The Hall–Kier alpha value is -3.13. The zero-order chi connectivity index (χ0) is 18.5. The minimum absolute atomic E-state index is 0.0126. The van der Waals surface area contributed by atoms with E-state index in [-0.39, 0.29) is 24.8 Å². The molecule has 0 saturated heterocycles. The zero-order valence-electron chi connectivity index (χ0n) is 13.8. The first-order valence-electron chi connectivity index (χ1n) is 8.02. The molecule has 0 aliphatic heterocycles. The third-order valence-corrected chi connectivity index (χ3v) is 3.85. The van der Waals surface area contributed by atoms with Crippen molar-refractivity contribution < 1.29 is 23.5 Å². The van der Waals surface area contributed by atoms with Crippen molar-refractivity contribution in [3.05, 3.63) is 66.2 Å². The second-order valence-corrected chi connectivity index (χ2v) is 5.66. The van der Waals surface area contributed by atoms with E-state index in [4.69, 9.17) is 14.9 Å². The van der Waals surface area contributed by atoms with Crippen molar-refractivity contribution in [2.45, 2.75) is 12.3 Å². The highest BCUT2D eigenvalue weighted by molar-refractivity contribution is 5.70. The van der Waals surface area contributed by atoms with Gasteiger partial charge < -0.3 is 14.9 Å². The molecule has 136 valence electrons. The molecule has 2 amide bonds. The molecule has 1 heterocycles. The van der Waals surface area contributed by atoms with Gasteiger partial charge in [0.1, 0.15) is 6.61 Å². The van der Waals surface area contributed by atoms with Gasteiger partial charge in [-0.2, -0.15) is 0 Å². The number of nitrogens with two attached hydrogens (primary N) is 1. The molecule has 2 aromatic rings. The fraction of sp³-hybridized carbons (Fsp3) is 0.222. The zero-order valence-corrected chi connectivity index (χ0v) is 13.8. The van der Waals surface area contributed by atoms with Gasteiger partial charge in [0.2, 0.25) is 5.89 Å². The Balaban J connectivity index is 1.68. The first-order chi connectivity index (χ1) is 12.5. The summed E-state index contributed by atoms with van der Waals surface area (Å²) in [6.45, 7) is -0.290. The Kier molecular flexibility index (Phi) is 5.33. The molecule has 7 nitrogen and oxygen atoms in total. The van der Waals surface area contributed by atoms with Gasteiger partial charge >= 0.3 is 6.03 Å². The second-order valence-electron chi connectivity index (χ2n) is 5.66. The van der Waals surface area contributed by atoms with Crippen molar-refractivity contribution in [1.82, 2.24) is 10.0 Å². The van der Waals surface area contributed by atoms with Crippen molar-refractivity contribution in [2.75, 3.05) is 13.2 Å². The number of amides is 2. The average Bonchev–Trinajstić information content (AvgIpc) is 3.14. The summed E-state index contributed by atoms with van der Waals surface area (Å²) in [6, 6.07) is 8.53. The van der Waals surface area contributed by atoms with Crippen LogP contribution in [-0.4, -0.2) is 34.4 Å². The number of nitrogens with zero attached hydrogens (tertiary/aromatic N) is 2. The molecule has 3 rings (SSSR count). The molecule has 8 heteroatoms. The third-order valence-electron chi connectivity index (χ3n) is 3.85. The summed E-state index contributed by atoms with van der Waals surface area (Å²) in [5, 5.41) is 9.48. The van der Waals surface area contributed by atoms with Crippen molar-refractivity contribution in [3.8, 4) is 11.3 Å². The lowest BCUT2D eigenvalue weighted by atomic mass is 9.99. The lowest BCUT2D eigenvalue weighted by molar-refractivity contribution is -0.0512. The molecule has 0 spiro atoms. The molecule has 0 bridgehead atoms. The van der Waals surface area contributed by atoms with Crippen LogP contribution in [-0.2, 0) is 4.74 Å². The highest BCUT2D eigenvalue weighted by atomic mass is 19.1. The number of hydrogen-bond acceptors (Lipinski definition) is 5. The largest absolute Gasteiger partial charge is 0.489 e. The van der Waals surface area contributed by atoms with E-state index in [0.29, 0.717) is 23.1 Å². The highest BCUT2D eigenvalue weighted by Crippen LogP contribution is 2.33. The molecule has 1 aliphatic carbocycles. The van der Waals surface area contributed by atoms with Crippen LogP contribution in [0.1, 0.15) is 18.2 Å². The number of ether oxygens (including phenoxy) is 1. The Morgan fingerprint density at radius 2 is 2.19 bits per heavy atom. The maximum absolute atomic E-state index is 13.9. The quantitative estimate of drug-likeness (QED) is 0.608. The number of carbonyl (C=O) groups is 1. The van der Waals surface area contributed by atoms with Gasteiger partial charge in [-0.25, -0.2) is 19.2 Å². The first kappa shape index (κ1) is 17.7. The lowest BCUT2D eigenvalue weighted by Gasteiger charge is -2.18. The number of oxazole rings is 1. The van der Waals surface area contributed by atoms with E-state index in [1.54, 1.807) is 12.3 Å². The number of hydrogen-bond donors (Lipinski definition) is 2. The number of rotatable bonds is 6. The highest BCUT2D eigenvalue weighted by Gasteiger charge is 2.23. The SMILES string of the molecule is NC(=O)N(O)CCOC1=C[C@@H](c2ncc(-c3ccccc3)o2)CC=C1F. The number of aromatic nitrogens is 1. The van der Waals surface area contributed by atoms with Crippen LogP contribution in [0, 0.1) is 0 Å². The molecule has 0 unspecified atom stereocenters. The van der Waals surface area contributed by atoms with Crippen LogP contribution in [0.2, 0.25) is 0 Å². The average molecular weight is 359 g/mol. The summed E-state index contributed by atoms with van der Waals surface area (Å²) >= 11 is 0. The summed E-state index contributed by atoms with van der Waals surface area (Å²) < 4.78 is 25.0. The molecular formula is C18H18FN3O4. The molecule has 0 radical (unpaired) electrons. The van der Waals surface area contributed by atoms with Crippen molar-refractivity contribution in [3.63, 3.8) is 0 Å². The molecular weight excluding hydrogens is 341 g/mol. The van der Waals surface area contributed by atoms with Crippen molar-refractivity contribution in [2.24, 2.45) is 5.73 Å². The van der Waals surface area contributed by atoms with Crippen molar-refractivity contribution in [1.29, 1.82) is 0 Å². The predicted octanol–water partition coefficient (Wildman–Crippen LogP) is 3.35. The van der Waals surface area contributed by atoms with Gasteiger partial charge in [-0.1, -0.05) is 30.3 Å². The minimum Gasteiger partial charge on any atom is -0.489 e. The third kappa shape index (κ3) is 4.09. The van der Waals surface area contributed by atoms with E-state index in [9.17, 15) is 14.4 Å². The second kappa shape index (κ2) is 7.83. The summed E-state index contributed by atoms with van der Waals surface area (Å²) in [6.07, 6.45) is 4.98. The van der Waals surface area contributed by atoms with Gasteiger partial charge in [0, 0.05) is 5.56 Å². The van der Waals surface area contributed by atoms with Crippen LogP contribution in [0.3, 0.4) is 0 Å². The molecule has 1 atom stereocenters. The van der Waals surface area contributed by atoms with Crippen LogP contribution >= 0.6 is 0 Å². The number of hydroxylamine groups is 2. The Morgan fingerprint density at radius 3 is 2.92 bits per heavy atom. The number of allylic oxidation sites excluding steroid dienone is 3.